The second-order valence-electron chi connectivity index (χ2n) is 7.65. The van der Waals surface area contributed by atoms with Gasteiger partial charge in [-0.1, -0.05) is 24.3 Å². The second kappa shape index (κ2) is 7.53. The standard InChI is InChI=1S/C22H26ClN3O/c1-13-2-6-18(23)20(13)15-4-5-17-16(10-15)12-26-22(24)21(17)19(27)7-3-14-8-9-25-11-14/h2,4-6,10,14,18,25,27H,3,7-9,11-12H2,1H3,(H2,24,26)/t14-,18?/m1/s1. The molecule has 2 aliphatic heterocycles. The molecule has 1 aromatic carbocycles. The number of hydrogen-bond acceptors (Lipinski definition) is 4. The maximum atomic E-state index is 10.8. The molecule has 4 N–H and O–H groups in total. The van der Waals surface area contributed by atoms with E-state index in [-0.39, 0.29) is 5.38 Å². The zero-order valence-corrected chi connectivity index (χ0v) is 16.4. The Labute approximate surface area is 165 Å². The number of fused-ring (bicyclic) bond motifs is 1. The molecule has 0 saturated carbocycles. The molecule has 2 atom stereocenters. The predicted octanol–water partition coefficient (Wildman–Crippen LogP) is 4.17. The third-order valence-corrected chi connectivity index (χ3v) is 6.18. The molecule has 1 aliphatic carbocycles. The first-order valence-electron chi connectivity index (χ1n) is 9.64. The van der Waals surface area contributed by atoms with Crippen molar-refractivity contribution in [2.24, 2.45) is 16.6 Å². The van der Waals surface area contributed by atoms with E-state index in [2.05, 4.69) is 41.5 Å². The van der Waals surface area contributed by atoms with Crippen molar-refractivity contribution in [3.8, 4) is 0 Å². The summed E-state index contributed by atoms with van der Waals surface area (Å²) in [5.41, 5.74) is 12.4. The minimum absolute atomic E-state index is 0.0938. The molecule has 1 fully saturated rings. The highest BCUT2D eigenvalue weighted by Crippen LogP contribution is 2.36. The smallest absolute Gasteiger partial charge is 0.130 e. The first-order chi connectivity index (χ1) is 13.0. The number of aliphatic hydroxyl groups is 1. The van der Waals surface area contributed by atoms with Gasteiger partial charge < -0.3 is 16.2 Å². The number of halogens is 1. The summed E-state index contributed by atoms with van der Waals surface area (Å²) in [6, 6.07) is 6.27. The molecule has 1 unspecified atom stereocenters. The fraction of sp³-hybridized carbons (Fsp3) is 0.409. The molecule has 5 heteroatoms. The fourth-order valence-electron chi connectivity index (χ4n) is 4.27. The van der Waals surface area contributed by atoms with Crippen molar-refractivity contribution >= 4 is 28.6 Å². The molecular formula is C22H26ClN3O. The van der Waals surface area contributed by atoms with Crippen molar-refractivity contribution in [2.75, 3.05) is 13.1 Å². The van der Waals surface area contributed by atoms with E-state index < -0.39 is 0 Å². The van der Waals surface area contributed by atoms with Crippen molar-refractivity contribution in [2.45, 2.75) is 38.1 Å². The zero-order valence-electron chi connectivity index (χ0n) is 15.6. The van der Waals surface area contributed by atoms with Crippen LogP contribution in [0.3, 0.4) is 0 Å². The summed E-state index contributed by atoms with van der Waals surface area (Å²) in [6.07, 6.45) is 6.86. The zero-order chi connectivity index (χ0) is 19.0. The Balaban J connectivity index is 1.63. The van der Waals surface area contributed by atoms with E-state index in [0.29, 0.717) is 36.1 Å². The summed E-state index contributed by atoms with van der Waals surface area (Å²) < 4.78 is 0. The SMILES string of the molecule is CC1=C(c2ccc3c(c2)CN=C(N)C3=C(O)CC[C@@H]2CCNC2)C(Cl)C=C1. The summed E-state index contributed by atoms with van der Waals surface area (Å²) in [5.74, 6) is 1.41. The Morgan fingerprint density at radius 2 is 2.26 bits per heavy atom. The number of rotatable bonds is 4. The maximum Gasteiger partial charge on any atom is 0.130 e. The van der Waals surface area contributed by atoms with Crippen molar-refractivity contribution in [1.29, 1.82) is 0 Å². The number of alkyl halides is 1. The lowest BCUT2D eigenvalue weighted by Crippen LogP contribution is -2.21. The highest BCUT2D eigenvalue weighted by atomic mass is 35.5. The molecule has 1 saturated heterocycles. The monoisotopic (exact) mass is 383 g/mol. The van der Waals surface area contributed by atoms with Crippen molar-refractivity contribution in [3.63, 3.8) is 0 Å². The van der Waals surface area contributed by atoms with Crippen LogP contribution in [0.15, 0.2) is 46.7 Å². The van der Waals surface area contributed by atoms with E-state index in [9.17, 15) is 5.11 Å². The molecule has 142 valence electrons. The number of aliphatic imine (C=N–C) groups is 1. The van der Waals surface area contributed by atoms with Gasteiger partial charge in [0.2, 0.25) is 0 Å². The average Bonchev–Trinajstić information content (AvgIpc) is 3.29. The van der Waals surface area contributed by atoms with Crippen molar-refractivity contribution in [3.05, 3.63) is 58.4 Å². The Hall–Kier alpha value is -2.04. The van der Waals surface area contributed by atoms with E-state index in [1.807, 2.05) is 6.08 Å². The van der Waals surface area contributed by atoms with Crippen LogP contribution in [0.4, 0.5) is 0 Å². The van der Waals surface area contributed by atoms with Gasteiger partial charge in [0.05, 0.1) is 17.5 Å². The highest BCUT2D eigenvalue weighted by Gasteiger charge is 2.24. The summed E-state index contributed by atoms with van der Waals surface area (Å²) in [7, 11) is 0. The van der Waals surface area contributed by atoms with E-state index in [4.69, 9.17) is 17.3 Å². The van der Waals surface area contributed by atoms with Gasteiger partial charge in [-0.3, -0.25) is 4.99 Å². The number of benzene rings is 1. The van der Waals surface area contributed by atoms with Crippen LogP contribution >= 0.6 is 11.6 Å². The third kappa shape index (κ3) is 3.56. The van der Waals surface area contributed by atoms with Gasteiger partial charge in [0.15, 0.2) is 0 Å². The lowest BCUT2D eigenvalue weighted by molar-refractivity contribution is 0.370. The summed E-state index contributed by atoms with van der Waals surface area (Å²) in [6.45, 7) is 4.72. The third-order valence-electron chi connectivity index (χ3n) is 5.82. The molecule has 0 spiro atoms. The lowest BCUT2D eigenvalue weighted by Gasteiger charge is -2.21. The van der Waals surface area contributed by atoms with Gasteiger partial charge >= 0.3 is 0 Å². The summed E-state index contributed by atoms with van der Waals surface area (Å²) in [5, 5.41) is 14.1. The van der Waals surface area contributed by atoms with Gasteiger partial charge in [-0.2, -0.15) is 0 Å². The average molecular weight is 384 g/mol. The predicted molar refractivity (Wildman–Crippen MR) is 113 cm³/mol. The van der Waals surface area contributed by atoms with E-state index in [1.165, 1.54) is 12.0 Å². The molecule has 0 amide bonds. The van der Waals surface area contributed by atoms with Gasteiger partial charge in [-0.15, -0.1) is 11.6 Å². The molecular weight excluding hydrogens is 358 g/mol. The van der Waals surface area contributed by atoms with Gasteiger partial charge in [0, 0.05) is 6.42 Å². The Morgan fingerprint density at radius 3 is 2.96 bits per heavy atom. The number of amidine groups is 1. The van der Waals surface area contributed by atoms with Crippen LogP contribution in [0.2, 0.25) is 0 Å². The van der Waals surface area contributed by atoms with Crippen LogP contribution in [0.1, 0.15) is 42.9 Å². The minimum Gasteiger partial charge on any atom is -0.512 e. The molecule has 4 nitrogen and oxygen atoms in total. The highest BCUT2D eigenvalue weighted by molar-refractivity contribution is 6.29. The molecule has 27 heavy (non-hydrogen) atoms. The van der Waals surface area contributed by atoms with Crippen LogP contribution in [-0.2, 0) is 6.54 Å². The quantitative estimate of drug-likeness (QED) is 0.540. The van der Waals surface area contributed by atoms with Gasteiger partial charge in [0.1, 0.15) is 11.6 Å². The molecule has 4 rings (SSSR count). The molecule has 0 radical (unpaired) electrons. The topological polar surface area (TPSA) is 70.6 Å². The largest absolute Gasteiger partial charge is 0.512 e. The molecule has 0 bridgehead atoms. The van der Waals surface area contributed by atoms with Crippen molar-refractivity contribution < 1.29 is 5.11 Å². The first kappa shape index (κ1) is 18.3. The number of hydrogen-bond donors (Lipinski definition) is 3. The Kier molecular flexibility index (Phi) is 5.11. The molecule has 2 heterocycles. The van der Waals surface area contributed by atoms with Crippen LogP contribution in [0.25, 0.3) is 11.1 Å². The van der Waals surface area contributed by atoms with Gasteiger partial charge in [-0.05, 0) is 72.7 Å². The van der Waals surface area contributed by atoms with E-state index in [0.717, 1.165) is 41.8 Å². The Morgan fingerprint density at radius 1 is 1.41 bits per heavy atom. The van der Waals surface area contributed by atoms with E-state index in [1.54, 1.807) is 0 Å². The number of nitrogens with two attached hydrogens (primary N) is 1. The number of nitrogens with zero attached hydrogens (tertiary/aromatic N) is 1. The summed E-state index contributed by atoms with van der Waals surface area (Å²) in [4.78, 5) is 4.46. The van der Waals surface area contributed by atoms with Crippen LogP contribution in [0, 0.1) is 5.92 Å². The fourth-order valence-corrected chi connectivity index (χ4v) is 4.64. The van der Waals surface area contributed by atoms with Crippen LogP contribution < -0.4 is 11.1 Å². The lowest BCUT2D eigenvalue weighted by atomic mass is 9.89. The van der Waals surface area contributed by atoms with Gasteiger partial charge in [0.25, 0.3) is 0 Å². The minimum atomic E-state index is -0.0938. The van der Waals surface area contributed by atoms with E-state index >= 15 is 0 Å². The summed E-state index contributed by atoms with van der Waals surface area (Å²) >= 11 is 6.45. The number of nitrogens with one attached hydrogen (secondary N) is 1. The van der Waals surface area contributed by atoms with Crippen LogP contribution in [-0.4, -0.2) is 29.4 Å². The first-order valence-corrected chi connectivity index (χ1v) is 10.1. The maximum absolute atomic E-state index is 10.8. The van der Waals surface area contributed by atoms with Crippen LogP contribution in [0.5, 0.6) is 0 Å². The normalized spacial score (nSPS) is 26.4. The molecule has 3 aliphatic rings. The Bertz CT molecular complexity index is 876. The number of allylic oxidation sites excluding steroid dienone is 5. The van der Waals surface area contributed by atoms with Crippen molar-refractivity contribution in [1.82, 2.24) is 5.32 Å². The molecule has 1 aromatic rings. The number of aliphatic hydroxyl groups excluding tert-OH is 1. The van der Waals surface area contributed by atoms with Gasteiger partial charge in [-0.25, -0.2) is 0 Å². The second-order valence-corrected chi connectivity index (χ2v) is 8.12. The molecule has 0 aromatic heterocycles.